The highest BCUT2D eigenvalue weighted by molar-refractivity contribution is 5.71. The van der Waals surface area contributed by atoms with Crippen LogP contribution in [0.3, 0.4) is 0 Å². The highest BCUT2D eigenvalue weighted by atomic mass is 16.6. The first-order valence-electron chi connectivity index (χ1n) is 21.1. The molecule has 0 aliphatic heterocycles. The minimum Gasteiger partial charge on any atom is -0.462 e. The van der Waals surface area contributed by atoms with Crippen LogP contribution in [0.25, 0.3) is 0 Å². The maximum absolute atomic E-state index is 12.4. The first-order valence-corrected chi connectivity index (χ1v) is 21.1. The van der Waals surface area contributed by atoms with Gasteiger partial charge in [-0.2, -0.15) is 0 Å². The van der Waals surface area contributed by atoms with E-state index in [0.29, 0.717) is 19.3 Å². The minimum absolute atomic E-state index is 0.0755. The molecule has 0 aliphatic rings. The van der Waals surface area contributed by atoms with Crippen LogP contribution in [0.15, 0.2) is 48.6 Å². The van der Waals surface area contributed by atoms with Crippen LogP contribution in [0.2, 0.25) is 0 Å². The fourth-order valence-electron chi connectivity index (χ4n) is 5.67. The lowest BCUT2D eigenvalue weighted by Crippen LogP contribution is -2.30. The van der Waals surface area contributed by atoms with Crippen LogP contribution < -0.4 is 0 Å². The molecule has 0 aromatic rings. The number of hydrogen-bond donors (Lipinski definition) is 0. The molecule has 0 amide bonds. The monoisotopic (exact) mass is 715 g/mol. The number of hydrogen-bond acceptors (Lipinski definition) is 6. The van der Waals surface area contributed by atoms with Gasteiger partial charge in [-0.3, -0.25) is 14.4 Å². The third-order valence-electron chi connectivity index (χ3n) is 8.85. The second-order valence-corrected chi connectivity index (χ2v) is 13.9. The number of esters is 3. The summed E-state index contributed by atoms with van der Waals surface area (Å²) in [6.07, 6.45) is 45.9. The molecule has 0 fully saturated rings. The summed E-state index contributed by atoms with van der Waals surface area (Å²) in [5.41, 5.74) is 0. The van der Waals surface area contributed by atoms with Gasteiger partial charge in [0, 0.05) is 19.3 Å². The molecule has 6 nitrogen and oxygen atoms in total. The fourth-order valence-corrected chi connectivity index (χ4v) is 5.67. The van der Waals surface area contributed by atoms with E-state index in [1.165, 1.54) is 57.8 Å². The molecule has 1 unspecified atom stereocenters. The molecule has 0 rings (SSSR count). The zero-order valence-corrected chi connectivity index (χ0v) is 33.4. The number of ether oxygens (including phenoxy) is 3. The summed E-state index contributed by atoms with van der Waals surface area (Å²) in [6, 6.07) is 0. The average Bonchev–Trinajstić information content (AvgIpc) is 3.12. The van der Waals surface area contributed by atoms with Gasteiger partial charge in [-0.05, 0) is 57.8 Å². The Morgan fingerprint density at radius 2 is 0.765 bits per heavy atom. The summed E-state index contributed by atoms with van der Waals surface area (Å²) < 4.78 is 16.4. The molecule has 0 spiro atoms. The molecule has 0 N–H and O–H groups in total. The molecule has 0 aromatic carbocycles. The van der Waals surface area contributed by atoms with E-state index in [1.807, 2.05) is 0 Å². The van der Waals surface area contributed by atoms with Crippen LogP contribution in [0.5, 0.6) is 0 Å². The van der Waals surface area contributed by atoms with Crippen LogP contribution in [0.4, 0.5) is 0 Å². The fraction of sp³-hybridized carbons (Fsp3) is 0.756. The number of rotatable bonds is 37. The third-order valence-corrected chi connectivity index (χ3v) is 8.85. The van der Waals surface area contributed by atoms with Gasteiger partial charge in [-0.25, -0.2) is 0 Å². The van der Waals surface area contributed by atoms with Crippen LogP contribution >= 0.6 is 0 Å². The van der Waals surface area contributed by atoms with E-state index < -0.39 is 6.10 Å². The van der Waals surface area contributed by atoms with Crippen molar-refractivity contribution in [3.8, 4) is 0 Å². The molecular formula is C45H78O6. The summed E-state index contributed by atoms with van der Waals surface area (Å²) in [6.45, 7) is 6.33. The van der Waals surface area contributed by atoms with Gasteiger partial charge in [0.25, 0.3) is 0 Å². The third kappa shape index (κ3) is 38.4. The van der Waals surface area contributed by atoms with Crippen molar-refractivity contribution in [2.45, 2.75) is 207 Å². The molecule has 0 saturated carbocycles. The van der Waals surface area contributed by atoms with E-state index in [-0.39, 0.29) is 31.1 Å². The predicted molar refractivity (Wildman–Crippen MR) is 215 cm³/mol. The molecule has 0 radical (unpaired) electrons. The van der Waals surface area contributed by atoms with Crippen LogP contribution in [0.1, 0.15) is 201 Å². The molecule has 0 aromatic heterocycles. The first-order chi connectivity index (χ1) is 25.0. The first kappa shape index (κ1) is 48.4. The second-order valence-electron chi connectivity index (χ2n) is 13.9. The number of unbranched alkanes of at least 4 members (excludes halogenated alkanes) is 18. The van der Waals surface area contributed by atoms with Gasteiger partial charge in [0.05, 0.1) is 0 Å². The van der Waals surface area contributed by atoms with Crippen LogP contribution in [-0.2, 0) is 28.6 Å². The Morgan fingerprint density at radius 1 is 0.412 bits per heavy atom. The van der Waals surface area contributed by atoms with Gasteiger partial charge in [0.15, 0.2) is 6.10 Å². The lowest BCUT2D eigenvalue weighted by Gasteiger charge is -2.18. The zero-order chi connectivity index (χ0) is 37.3. The molecule has 0 aliphatic carbocycles. The van der Waals surface area contributed by atoms with Gasteiger partial charge < -0.3 is 14.2 Å². The Bertz CT molecular complexity index is 918. The Labute approximate surface area is 314 Å². The Morgan fingerprint density at radius 3 is 1.20 bits per heavy atom. The number of carbonyl (C=O) groups is 3. The molecule has 0 bridgehead atoms. The van der Waals surface area contributed by atoms with Crippen LogP contribution in [0, 0.1) is 0 Å². The second kappa shape index (κ2) is 40.1. The minimum atomic E-state index is -0.763. The average molecular weight is 715 g/mol. The normalized spacial score (nSPS) is 12.5. The molecular weight excluding hydrogens is 636 g/mol. The van der Waals surface area contributed by atoms with Crippen molar-refractivity contribution < 1.29 is 28.6 Å². The molecule has 0 saturated heterocycles. The van der Waals surface area contributed by atoms with Gasteiger partial charge >= 0.3 is 17.9 Å². The highest BCUT2D eigenvalue weighted by Gasteiger charge is 2.19. The van der Waals surface area contributed by atoms with Gasteiger partial charge in [-0.1, -0.05) is 172 Å². The van der Waals surface area contributed by atoms with Crippen molar-refractivity contribution in [2.24, 2.45) is 0 Å². The topological polar surface area (TPSA) is 78.9 Å². The molecule has 294 valence electrons. The smallest absolute Gasteiger partial charge is 0.306 e. The largest absolute Gasteiger partial charge is 0.462 e. The van der Waals surface area contributed by atoms with E-state index >= 15 is 0 Å². The van der Waals surface area contributed by atoms with Crippen molar-refractivity contribution >= 4 is 17.9 Å². The number of carbonyl (C=O) groups excluding carboxylic acids is 3. The van der Waals surface area contributed by atoms with E-state index in [0.717, 1.165) is 103 Å². The molecule has 6 heteroatoms. The van der Waals surface area contributed by atoms with Crippen molar-refractivity contribution in [3.63, 3.8) is 0 Å². The van der Waals surface area contributed by atoms with E-state index in [9.17, 15) is 14.4 Å². The van der Waals surface area contributed by atoms with Crippen molar-refractivity contribution in [1.82, 2.24) is 0 Å². The molecule has 0 heterocycles. The summed E-state index contributed by atoms with van der Waals surface area (Å²) in [5, 5.41) is 0. The van der Waals surface area contributed by atoms with Crippen molar-refractivity contribution in [1.29, 1.82) is 0 Å². The van der Waals surface area contributed by atoms with E-state index in [1.54, 1.807) is 0 Å². The molecule has 51 heavy (non-hydrogen) atoms. The van der Waals surface area contributed by atoms with Crippen molar-refractivity contribution in [2.75, 3.05) is 13.2 Å². The maximum Gasteiger partial charge on any atom is 0.306 e. The van der Waals surface area contributed by atoms with E-state index in [4.69, 9.17) is 14.2 Å². The maximum atomic E-state index is 12.4. The SMILES string of the molecule is CC/C=C\C/C=C\C/C=C\C/C=C\CCCCCCCCCCCCC(=O)OCC(COC(=O)CCCCCCC)OC(=O)CCCCCCC. The quantitative estimate of drug-likeness (QED) is 0.0276. The van der Waals surface area contributed by atoms with Crippen molar-refractivity contribution in [3.05, 3.63) is 48.6 Å². The van der Waals surface area contributed by atoms with Gasteiger partial charge in [-0.15, -0.1) is 0 Å². The Kier molecular flexibility index (Phi) is 38.1. The van der Waals surface area contributed by atoms with E-state index in [2.05, 4.69) is 69.4 Å². The zero-order valence-electron chi connectivity index (χ0n) is 33.4. The Balaban J connectivity index is 3.98. The number of allylic oxidation sites excluding steroid dienone is 8. The summed E-state index contributed by atoms with van der Waals surface area (Å²) >= 11 is 0. The Hall–Kier alpha value is -2.63. The lowest BCUT2D eigenvalue weighted by atomic mass is 10.1. The highest BCUT2D eigenvalue weighted by Crippen LogP contribution is 2.14. The van der Waals surface area contributed by atoms with Gasteiger partial charge in [0.2, 0.25) is 0 Å². The predicted octanol–water partition coefficient (Wildman–Crippen LogP) is 13.2. The van der Waals surface area contributed by atoms with Crippen LogP contribution in [-0.4, -0.2) is 37.2 Å². The molecule has 1 atom stereocenters. The standard InChI is InChI=1S/C45H78O6/c1-4-7-10-13-14-15-16-17-18-19-20-21-22-23-24-25-26-27-28-29-30-33-35-38-44(47)50-41-42(51-45(48)39-36-32-12-9-6-3)40-49-43(46)37-34-31-11-8-5-2/h7,10,14-15,17-18,20-21,42H,4-6,8-9,11-13,16,19,22-41H2,1-3H3/b10-7-,15-14-,18-17-,21-20-. The summed E-state index contributed by atoms with van der Waals surface area (Å²) in [5.74, 6) is -0.913. The summed E-state index contributed by atoms with van der Waals surface area (Å²) in [4.78, 5) is 37.0. The lowest BCUT2D eigenvalue weighted by molar-refractivity contribution is -0.167. The van der Waals surface area contributed by atoms with Gasteiger partial charge in [0.1, 0.15) is 13.2 Å². The summed E-state index contributed by atoms with van der Waals surface area (Å²) in [7, 11) is 0.